The van der Waals surface area contributed by atoms with E-state index < -0.39 is 0 Å². The standard InChI is InChI=1S/C19H17ClN4O/c1-24(13-14-6-3-2-4-7-14)19-21-11-15(12-22-19)18(25)23-17-9-5-8-16(20)10-17/h2-12H,13H2,1H3,(H,23,25). The second-order valence-corrected chi connectivity index (χ2v) is 6.01. The third kappa shape index (κ3) is 4.55. The molecule has 0 saturated carbocycles. The zero-order valence-electron chi connectivity index (χ0n) is 13.7. The predicted molar refractivity (Wildman–Crippen MR) is 100.0 cm³/mol. The van der Waals surface area contributed by atoms with Crippen LogP contribution in [0.3, 0.4) is 0 Å². The minimum Gasteiger partial charge on any atom is -0.340 e. The van der Waals surface area contributed by atoms with Crippen LogP contribution >= 0.6 is 11.6 Å². The normalized spacial score (nSPS) is 10.3. The molecule has 0 fully saturated rings. The van der Waals surface area contributed by atoms with Gasteiger partial charge < -0.3 is 10.2 Å². The first kappa shape index (κ1) is 16.9. The van der Waals surface area contributed by atoms with Crippen LogP contribution in [-0.4, -0.2) is 22.9 Å². The number of hydrogen-bond donors (Lipinski definition) is 1. The van der Waals surface area contributed by atoms with Gasteiger partial charge >= 0.3 is 0 Å². The molecule has 126 valence electrons. The Morgan fingerprint density at radius 1 is 1.08 bits per heavy atom. The van der Waals surface area contributed by atoms with E-state index >= 15 is 0 Å². The third-order valence-corrected chi connectivity index (χ3v) is 3.82. The summed E-state index contributed by atoms with van der Waals surface area (Å²) in [6.07, 6.45) is 3.04. The number of rotatable bonds is 5. The highest BCUT2D eigenvalue weighted by molar-refractivity contribution is 6.30. The van der Waals surface area contributed by atoms with Gasteiger partial charge in [0.15, 0.2) is 0 Å². The number of carbonyl (C=O) groups is 1. The lowest BCUT2D eigenvalue weighted by molar-refractivity contribution is 0.102. The molecular formula is C19H17ClN4O. The molecule has 0 spiro atoms. The lowest BCUT2D eigenvalue weighted by Gasteiger charge is -2.17. The summed E-state index contributed by atoms with van der Waals surface area (Å²) in [6, 6.07) is 17.0. The number of hydrogen-bond acceptors (Lipinski definition) is 4. The molecule has 0 aliphatic carbocycles. The molecule has 0 unspecified atom stereocenters. The number of benzene rings is 2. The molecule has 1 aromatic heterocycles. The van der Waals surface area contributed by atoms with Gasteiger partial charge in [-0.05, 0) is 23.8 Å². The van der Waals surface area contributed by atoms with E-state index in [-0.39, 0.29) is 5.91 Å². The number of nitrogens with zero attached hydrogens (tertiary/aromatic N) is 3. The maximum Gasteiger partial charge on any atom is 0.258 e. The first-order valence-electron chi connectivity index (χ1n) is 7.76. The molecule has 0 bridgehead atoms. The van der Waals surface area contributed by atoms with Gasteiger partial charge in [0.25, 0.3) is 5.91 Å². The molecule has 6 heteroatoms. The maximum atomic E-state index is 12.2. The number of nitrogens with one attached hydrogen (secondary N) is 1. The van der Waals surface area contributed by atoms with E-state index in [2.05, 4.69) is 15.3 Å². The molecule has 3 rings (SSSR count). The van der Waals surface area contributed by atoms with Crippen molar-refractivity contribution in [3.63, 3.8) is 0 Å². The summed E-state index contributed by atoms with van der Waals surface area (Å²) < 4.78 is 0. The van der Waals surface area contributed by atoms with E-state index in [0.29, 0.717) is 28.8 Å². The minimum absolute atomic E-state index is 0.278. The van der Waals surface area contributed by atoms with Crippen molar-refractivity contribution in [2.75, 3.05) is 17.3 Å². The summed E-state index contributed by atoms with van der Waals surface area (Å²) in [4.78, 5) is 22.7. The summed E-state index contributed by atoms with van der Waals surface area (Å²) in [5.74, 6) is 0.280. The molecule has 0 radical (unpaired) electrons. The molecule has 25 heavy (non-hydrogen) atoms. The van der Waals surface area contributed by atoms with Gasteiger partial charge in [0.1, 0.15) is 0 Å². The quantitative estimate of drug-likeness (QED) is 0.753. The van der Waals surface area contributed by atoms with Crippen LogP contribution in [0, 0.1) is 0 Å². The van der Waals surface area contributed by atoms with Gasteiger partial charge in [-0.1, -0.05) is 48.0 Å². The Balaban J connectivity index is 1.66. The molecule has 0 atom stereocenters. The molecule has 2 aromatic carbocycles. The molecule has 3 aromatic rings. The first-order chi connectivity index (χ1) is 12.1. The topological polar surface area (TPSA) is 58.1 Å². The minimum atomic E-state index is -0.278. The Hall–Kier alpha value is -2.92. The molecule has 0 aliphatic heterocycles. The predicted octanol–water partition coefficient (Wildman–Crippen LogP) is 4.02. The number of aromatic nitrogens is 2. The molecule has 1 heterocycles. The fraction of sp³-hybridized carbons (Fsp3) is 0.105. The Morgan fingerprint density at radius 2 is 1.80 bits per heavy atom. The van der Waals surface area contributed by atoms with Gasteiger partial charge in [0, 0.05) is 36.7 Å². The smallest absolute Gasteiger partial charge is 0.258 e. The molecule has 1 N–H and O–H groups in total. The Kier molecular flexibility index (Phi) is 5.26. The van der Waals surface area contributed by atoms with E-state index in [4.69, 9.17) is 11.6 Å². The zero-order valence-corrected chi connectivity index (χ0v) is 14.4. The van der Waals surface area contributed by atoms with Crippen molar-refractivity contribution < 1.29 is 4.79 Å². The van der Waals surface area contributed by atoms with Gasteiger partial charge in [-0.15, -0.1) is 0 Å². The van der Waals surface area contributed by atoms with Crippen molar-refractivity contribution in [3.8, 4) is 0 Å². The molecule has 0 saturated heterocycles. The lowest BCUT2D eigenvalue weighted by Crippen LogP contribution is -2.20. The third-order valence-electron chi connectivity index (χ3n) is 3.59. The second kappa shape index (κ2) is 7.77. The van der Waals surface area contributed by atoms with Crippen LogP contribution in [0.15, 0.2) is 67.0 Å². The maximum absolute atomic E-state index is 12.2. The summed E-state index contributed by atoms with van der Waals surface area (Å²) in [7, 11) is 1.91. The number of amides is 1. The molecule has 1 amide bonds. The average Bonchev–Trinajstić information content (AvgIpc) is 2.62. The van der Waals surface area contributed by atoms with Crippen LogP contribution in [0.1, 0.15) is 15.9 Å². The van der Waals surface area contributed by atoms with Crippen molar-refractivity contribution >= 4 is 29.1 Å². The summed E-state index contributed by atoms with van der Waals surface area (Å²) in [5.41, 5.74) is 2.18. The Bertz CT molecular complexity index is 853. The van der Waals surface area contributed by atoms with Crippen LogP contribution in [-0.2, 0) is 6.54 Å². The lowest BCUT2D eigenvalue weighted by atomic mass is 10.2. The number of halogens is 1. The SMILES string of the molecule is CN(Cc1ccccc1)c1ncc(C(=O)Nc2cccc(Cl)c2)cn1. The molecule has 5 nitrogen and oxygen atoms in total. The van der Waals surface area contributed by atoms with Crippen molar-refractivity contribution in [2.24, 2.45) is 0 Å². The van der Waals surface area contributed by atoms with Gasteiger partial charge in [0.2, 0.25) is 5.95 Å². The van der Waals surface area contributed by atoms with E-state index in [1.54, 1.807) is 24.3 Å². The van der Waals surface area contributed by atoms with Crippen molar-refractivity contribution in [2.45, 2.75) is 6.54 Å². The van der Waals surface area contributed by atoms with Crippen molar-refractivity contribution in [1.29, 1.82) is 0 Å². The average molecular weight is 353 g/mol. The highest BCUT2D eigenvalue weighted by Crippen LogP contribution is 2.16. The first-order valence-corrected chi connectivity index (χ1v) is 8.13. The van der Waals surface area contributed by atoms with Crippen LogP contribution in [0.5, 0.6) is 0 Å². The summed E-state index contributed by atoms with van der Waals surface area (Å²) >= 11 is 5.91. The van der Waals surface area contributed by atoms with Gasteiger partial charge in [-0.25, -0.2) is 9.97 Å². The van der Waals surface area contributed by atoms with Crippen LogP contribution in [0.4, 0.5) is 11.6 Å². The van der Waals surface area contributed by atoms with E-state index in [1.165, 1.54) is 12.4 Å². The Morgan fingerprint density at radius 3 is 2.48 bits per heavy atom. The number of anilines is 2. The van der Waals surface area contributed by atoms with Crippen LogP contribution < -0.4 is 10.2 Å². The van der Waals surface area contributed by atoms with Gasteiger partial charge in [-0.2, -0.15) is 0 Å². The number of carbonyl (C=O) groups excluding carboxylic acids is 1. The molecule has 0 aliphatic rings. The summed E-state index contributed by atoms with van der Waals surface area (Å²) in [6.45, 7) is 0.689. The van der Waals surface area contributed by atoms with E-state index in [0.717, 1.165) is 5.56 Å². The van der Waals surface area contributed by atoms with Crippen LogP contribution in [0.25, 0.3) is 0 Å². The largest absolute Gasteiger partial charge is 0.340 e. The monoisotopic (exact) mass is 352 g/mol. The highest BCUT2D eigenvalue weighted by atomic mass is 35.5. The van der Waals surface area contributed by atoms with E-state index in [1.807, 2.05) is 42.3 Å². The van der Waals surface area contributed by atoms with Crippen molar-refractivity contribution in [1.82, 2.24) is 9.97 Å². The fourth-order valence-electron chi connectivity index (χ4n) is 2.33. The van der Waals surface area contributed by atoms with E-state index in [9.17, 15) is 4.79 Å². The highest BCUT2D eigenvalue weighted by Gasteiger charge is 2.10. The Labute approximate surface area is 151 Å². The van der Waals surface area contributed by atoms with Crippen molar-refractivity contribution in [3.05, 3.63) is 83.1 Å². The fourth-order valence-corrected chi connectivity index (χ4v) is 2.52. The molecular weight excluding hydrogens is 336 g/mol. The van der Waals surface area contributed by atoms with Gasteiger partial charge in [0.05, 0.1) is 5.56 Å². The summed E-state index contributed by atoms with van der Waals surface area (Å²) in [5, 5.41) is 3.33. The second-order valence-electron chi connectivity index (χ2n) is 5.58. The van der Waals surface area contributed by atoms with Crippen LogP contribution in [0.2, 0.25) is 5.02 Å². The van der Waals surface area contributed by atoms with Gasteiger partial charge in [-0.3, -0.25) is 4.79 Å². The zero-order chi connectivity index (χ0) is 17.6.